The number of carbonyl (C=O) groups is 2. The molecule has 0 saturated carbocycles. The van der Waals surface area contributed by atoms with E-state index in [1.165, 1.54) is 0 Å². The number of anilines is 1. The molecule has 8 nitrogen and oxygen atoms in total. The second-order valence-corrected chi connectivity index (χ2v) is 12.7. The van der Waals surface area contributed by atoms with E-state index in [-0.39, 0.29) is 24.0 Å². The van der Waals surface area contributed by atoms with Crippen molar-refractivity contribution in [2.45, 2.75) is 39.8 Å². The molecule has 0 saturated heterocycles. The highest BCUT2D eigenvalue weighted by Gasteiger charge is 2.16. The Hall–Kier alpha value is -13.1. The number of hydrazine groups is 1. The van der Waals surface area contributed by atoms with E-state index in [4.69, 9.17) is 27.1 Å². The van der Waals surface area contributed by atoms with Crippen LogP contribution in [0.3, 0.4) is 0 Å². The maximum atomic E-state index is 13.0. The Kier molecular flexibility index (Phi) is 27.7. The molecule has 3 N–H and O–H groups in total. The van der Waals surface area contributed by atoms with Gasteiger partial charge in [-0.05, 0) is 164 Å². The molecule has 0 radical (unpaired) electrons. The van der Waals surface area contributed by atoms with E-state index in [9.17, 15) is 9.59 Å². The normalized spacial score (nSPS) is 6.75. The zero-order valence-corrected chi connectivity index (χ0v) is 38.4. The Morgan fingerprint density at radius 1 is 0.486 bits per heavy atom. The van der Waals surface area contributed by atoms with Crippen LogP contribution in [0.1, 0.15) is 42.3 Å². The van der Waals surface area contributed by atoms with Gasteiger partial charge in [-0.15, -0.1) is 12.8 Å². The van der Waals surface area contributed by atoms with Crippen LogP contribution in [0.2, 0.25) is 0 Å². The van der Waals surface area contributed by atoms with Crippen molar-refractivity contribution in [1.29, 1.82) is 0 Å². The summed E-state index contributed by atoms with van der Waals surface area (Å²) in [5.74, 6) is 98.8. The maximum Gasteiger partial charge on any atom is 0.426 e. The van der Waals surface area contributed by atoms with E-state index in [1.54, 1.807) is 64.1 Å². The molecule has 0 spiro atoms. The van der Waals surface area contributed by atoms with E-state index >= 15 is 0 Å². The number of rotatable bonds is 7. The average molecular weight is 916 g/mol. The standard InChI is InChI=1S/C64H25N3O5/c1-7-9-11-13-15-17-19-21-23-25-27-29-31-33-35-37-39-41-43-45-51-70-60-54-57(55-65-62(68)58-47-49-59(50-48-58)66-67-63(69)72-64(4,5)6)53-56(3)61(60)71-52-46-44-42-40-38-36-34-32-30-28-26-24-22-20-18-16-14-12-10-8-2/h1-2,47-50,53-54,66H,55H2,3-6H3,(H,65,68)(H,67,69). The molecule has 0 bridgehead atoms. The number of aryl methyl sites for hydroxylation is 1. The van der Waals surface area contributed by atoms with Crippen molar-refractivity contribution in [2.75, 3.05) is 5.43 Å². The summed E-state index contributed by atoms with van der Waals surface area (Å²) in [6.45, 7) is 7.10. The smallest absolute Gasteiger partial charge is 0.426 e. The van der Waals surface area contributed by atoms with Gasteiger partial charge in [0.05, 0.1) is 5.69 Å². The van der Waals surface area contributed by atoms with Crippen LogP contribution in [0.4, 0.5) is 10.5 Å². The van der Waals surface area contributed by atoms with E-state index < -0.39 is 11.7 Å². The minimum absolute atomic E-state index is 0.104. The second kappa shape index (κ2) is 36.3. The highest BCUT2D eigenvalue weighted by atomic mass is 16.6. The van der Waals surface area contributed by atoms with Crippen LogP contribution >= 0.6 is 0 Å². The summed E-state index contributed by atoms with van der Waals surface area (Å²) < 4.78 is 16.6. The molecule has 0 atom stereocenters. The van der Waals surface area contributed by atoms with Gasteiger partial charge in [0.15, 0.2) is 11.5 Å². The number of amides is 2. The van der Waals surface area contributed by atoms with Crippen LogP contribution in [-0.4, -0.2) is 17.6 Å². The van der Waals surface area contributed by atoms with Crippen LogP contribution in [0.15, 0.2) is 36.4 Å². The van der Waals surface area contributed by atoms with Crippen LogP contribution in [0.25, 0.3) is 0 Å². The van der Waals surface area contributed by atoms with Gasteiger partial charge in [0.25, 0.3) is 5.91 Å². The van der Waals surface area contributed by atoms with Gasteiger partial charge in [-0.2, -0.15) is 0 Å². The third-order valence-electron chi connectivity index (χ3n) is 6.42. The van der Waals surface area contributed by atoms with Gasteiger partial charge in [0.2, 0.25) is 0 Å². The lowest BCUT2D eigenvalue weighted by Crippen LogP contribution is -2.35. The van der Waals surface area contributed by atoms with Crippen molar-refractivity contribution < 1.29 is 23.8 Å². The molecule has 0 fully saturated rings. The van der Waals surface area contributed by atoms with Crippen molar-refractivity contribution in [3.8, 4) is 273 Å². The van der Waals surface area contributed by atoms with Crippen molar-refractivity contribution in [3.63, 3.8) is 0 Å². The molecular formula is C64H25N3O5. The first-order valence-electron chi connectivity index (χ1n) is 19.6. The summed E-state index contributed by atoms with van der Waals surface area (Å²) in [5.41, 5.74) is 6.64. The fourth-order valence-corrected chi connectivity index (χ4v) is 3.88. The summed E-state index contributed by atoms with van der Waals surface area (Å²) in [6, 6.07) is 9.81. The Labute approximate surface area is 422 Å². The van der Waals surface area contributed by atoms with Crippen molar-refractivity contribution in [1.82, 2.24) is 10.7 Å². The Balaban J connectivity index is 2.17. The molecule has 0 aliphatic rings. The molecule has 2 rings (SSSR count). The summed E-state index contributed by atoms with van der Waals surface area (Å²) in [7, 11) is 0. The van der Waals surface area contributed by atoms with E-state index in [2.05, 4.69) is 265 Å². The summed E-state index contributed by atoms with van der Waals surface area (Å²) >= 11 is 0. The number of carbonyl (C=O) groups excluding carboxylic acids is 2. The Morgan fingerprint density at radius 2 is 0.833 bits per heavy atom. The third-order valence-corrected chi connectivity index (χ3v) is 6.42. The second-order valence-electron chi connectivity index (χ2n) is 12.7. The lowest BCUT2D eigenvalue weighted by Gasteiger charge is -2.20. The molecule has 0 aromatic heterocycles. The highest BCUT2D eigenvalue weighted by molar-refractivity contribution is 5.94. The number of hydrogen-bond donors (Lipinski definition) is 3. The molecule has 2 aromatic rings. The topological polar surface area (TPSA) is 97.9 Å². The first-order valence-corrected chi connectivity index (χ1v) is 19.6. The molecule has 72 heavy (non-hydrogen) atoms. The number of benzene rings is 2. The first-order chi connectivity index (χ1) is 35.1. The van der Waals surface area contributed by atoms with Gasteiger partial charge >= 0.3 is 6.09 Å². The van der Waals surface area contributed by atoms with E-state index in [0.717, 1.165) is 0 Å². The predicted octanol–water partition coefficient (Wildman–Crippen LogP) is 3.78. The number of ether oxygens (including phenoxy) is 3. The minimum atomic E-state index is -0.663. The number of terminal acetylenes is 2. The Morgan fingerprint density at radius 3 is 1.19 bits per heavy atom. The third kappa shape index (κ3) is 29.3. The average Bonchev–Trinajstić information content (AvgIpc) is 3.36. The zero-order valence-electron chi connectivity index (χ0n) is 38.4. The van der Waals surface area contributed by atoms with Gasteiger partial charge < -0.3 is 19.5 Å². The molecule has 0 unspecified atom stereocenters. The highest BCUT2D eigenvalue weighted by Crippen LogP contribution is 2.32. The number of nitrogens with one attached hydrogen (secondary N) is 3. The van der Waals surface area contributed by atoms with E-state index in [1.807, 2.05) is 0 Å². The molecule has 0 aliphatic carbocycles. The van der Waals surface area contributed by atoms with Crippen LogP contribution < -0.4 is 25.6 Å². The predicted molar refractivity (Wildman–Crippen MR) is 276 cm³/mol. The monoisotopic (exact) mass is 915 g/mol. The largest absolute Gasteiger partial charge is 0.443 e. The van der Waals surface area contributed by atoms with Gasteiger partial charge in [0, 0.05) is 154 Å². The van der Waals surface area contributed by atoms with Crippen molar-refractivity contribution in [3.05, 3.63) is 53.1 Å². The van der Waals surface area contributed by atoms with Crippen molar-refractivity contribution >= 4 is 17.7 Å². The maximum absolute atomic E-state index is 13.0. The van der Waals surface area contributed by atoms with Gasteiger partial charge in [-0.25, -0.2) is 10.2 Å². The van der Waals surface area contributed by atoms with Crippen LogP contribution in [-0.2, 0) is 11.3 Å². The van der Waals surface area contributed by atoms with Crippen LogP contribution in [0.5, 0.6) is 11.5 Å². The number of hydrogen-bond acceptors (Lipinski definition) is 6. The zero-order chi connectivity index (χ0) is 52.0. The molecule has 8 heteroatoms. The molecule has 2 amide bonds. The summed E-state index contributed by atoms with van der Waals surface area (Å²) in [6.07, 6.45) is 14.3. The lowest BCUT2D eigenvalue weighted by atomic mass is 10.1. The van der Waals surface area contributed by atoms with Gasteiger partial charge in [-0.3, -0.25) is 10.2 Å². The fraction of sp³-hybridized carbons (Fsp3) is 0.0938. The minimum Gasteiger partial charge on any atom is -0.443 e. The Bertz CT molecular complexity index is 3960. The summed E-state index contributed by atoms with van der Waals surface area (Å²) in [4.78, 5) is 25.0. The molecule has 0 aliphatic heterocycles. The first kappa shape index (κ1) is 55.0. The molecule has 2 aromatic carbocycles. The fourth-order valence-electron chi connectivity index (χ4n) is 3.88. The SMILES string of the molecule is C#CC#CC#CC#CC#CC#CC#CC#CC#CC#CC#COc1cc(CNC(=O)c2ccc(NNC(=O)OC(C)(C)C)cc2)cc(C)c1OC#CC#CC#CC#CC#CC#CC#CC#CC#CC#CC#C. The quantitative estimate of drug-likeness (QED) is 0.290. The van der Waals surface area contributed by atoms with Gasteiger partial charge in [-0.1, -0.05) is 6.07 Å². The van der Waals surface area contributed by atoms with E-state index in [0.29, 0.717) is 22.4 Å². The van der Waals surface area contributed by atoms with Crippen molar-refractivity contribution in [2.24, 2.45) is 0 Å². The molecular weight excluding hydrogens is 891 g/mol. The lowest BCUT2D eigenvalue weighted by molar-refractivity contribution is 0.0540. The van der Waals surface area contributed by atoms with Crippen LogP contribution in [0, 0.1) is 269 Å². The molecule has 0 heterocycles. The summed E-state index contributed by atoms with van der Waals surface area (Å²) in [5, 5.41) is 2.86. The van der Waals surface area contributed by atoms with Gasteiger partial charge in [0.1, 0.15) is 17.8 Å². The molecule has 326 valence electrons.